The molecule has 1 aliphatic carbocycles. The number of nitrogens with one attached hydrogen (secondary N) is 1. The van der Waals surface area contributed by atoms with E-state index in [1.807, 2.05) is 50.2 Å². The van der Waals surface area contributed by atoms with Crippen LogP contribution in [-0.2, 0) is 32.6 Å². The Balaban J connectivity index is 1.90. The van der Waals surface area contributed by atoms with Crippen LogP contribution >= 0.6 is 0 Å². The molecule has 0 heterocycles. The van der Waals surface area contributed by atoms with Crippen molar-refractivity contribution >= 4 is 27.5 Å². The highest BCUT2D eigenvalue weighted by molar-refractivity contribution is 7.92. The summed E-state index contributed by atoms with van der Waals surface area (Å²) in [6.45, 7) is 5.47. The Morgan fingerprint density at radius 3 is 2.40 bits per heavy atom. The highest BCUT2D eigenvalue weighted by Gasteiger charge is 2.31. The minimum absolute atomic E-state index is 0.129. The summed E-state index contributed by atoms with van der Waals surface area (Å²) in [5.41, 5.74) is 3.26. The Morgan fingerprint density at radius 1 is 1.09 bits per heavy atom. The molecule has 2 aromatic carbocycles. The standard InChI is InChI=1S/C27H37N3O4S/c1-5-23-13-6-9-16-25(23)30(35(4,33)34)19-26(31)29(18-22-12-10-11-20(2)17-22)21(3)27(32)28-24-14-7-8-15-24/h6,9-13,16-17,21,24H,5,7-8,14-15,18-19H2,1-4H3,(H,28,32)/t21-/m1/s1. The quantitative estimate of drug-likeness (QED) is 0.539. The van der Waals surface area contributed by atoms with Gasteiger partial charge in [-0.3, -0.25) is 13.9 Å². The lowest BCUT2D eigenvalue weighted by molar-refractivity contribution is -0.139. The lowest BCUT2D eigenvalue weighted by Crippen LogP contribution is -2.52. The van der Waals surface area contributed by atoms with Crippen molar-refractivity contribution < 1.29 is 18.0 Å². The monoisotopic (exact) mass is 499 g/mol. The number of para-hydroxylation sites is 1. The van der Waals surface area contributed by atoms with E-state index in [0.29, 0.717) is 12.1 Å². The molecule has 1 N–H and O–H groups in total. The normalized spacial score (nSPS) is 15.0. The van der Waals surface area contributed by atoms with E-state index in [-0.39, 0.29) is 25.0 Å². The first-order valence-electron chi connectivity index (χ1n) is 12.3. The molecular weight excluding hydrogens is 462 g/mol. The molecule has 1 atom stereocenters. The van der Waals surface area contributed by atoms with Gasteiger partial charge in [-0.05, 0) is 50.3 Å². The molecule has 7 nitrogen and oxygen atoms in total. The van der Waals surface area contributed by atoms with Gasteiger partial charge in [-0.15, -0.1) is 0 Å². The number of benzene rings is 2. The van der Waals surface area contributed by atoms with Crippen LogP contribution in [0.4, 0.5) is 5.69 Å². The summed E-state index contributed by atoms with van der Waals surface area (Å²) in [7, 11) is -3.74. The summed E-state index contributed by atoms with van der Waals surface area (Å²) in [4.78, 5) is 28.3. The molecule has 0 aromatic heterocycles. The third kappa shape index (κ3) is 7.07. The summed E-state index contributed by atoms with van der Waals surface area (Å²) < 4.78 is 26.7. The molecule has 8 heteroatoms. The third-order valence-corrected chi connectivity index (χ3v) is 7.75. The second-order valence-electron chi connectivity index (χ2n) is 9.43. The molecule has 0 unspecified atom stereocenters. The Hall–Kier alpha value is -2.87. The zero-order valence-corrected chi connectivity index (χ0v) is 22.0. The highest BCUT2D eigenvalue weighted by Crippen LogP contribution is 2.24. The van der Waals surface area contributed by atoms with Crippen LogP contribution in [0.25, 0.3) is 0 Å². The first kappa shape index (κ1) is 26.7. The van der Waals surface area contributed by atoms with Gasteiger partial charge in [-0.25, -0.2) is 8.42 Å². The number of hydrogen-bond donors (Lipinski definition) is 1. The Kier molecular flexibility index (Phi) is 8.94. The molecule has 190 valence electrons. The SMILES string of the molecule is CCc1ccccc1N(CC(=O)N(Cc1cccc(C)c1)[C@H](C)C(=O)NC1CCCC1)S(C)(=O)=O. The predicted molar refractivity (Wildman–Crippen MR) is 140 cm³/mol. The van der Waals surface area contributed by atoms with E-state index < -0.39 is 22.0 Å². The van der Waals surface area contributed by atoms with Crippen LogP contribution in [0.15, 0.2) is 48.5 Å². The number of rotatable bonds is 10. The van der Waals surface area contributed by atoms with Gasteiger partial charge in [0.25, 0.3) is 0 Å². The van der Waals surface area contributed by atoms with Crippen LogP contribution in [0.1, 0.15) is 56.2 Å². The largest absolute Gasteiger partial charge is 0.352 e. The number of carbonyl (C=O) groups excluding carboxylic acids is 2. The van der Waals surface area contributed by atoms with Crippen molar-refractivity contribution in [3.05, 3.63) is 65.2 Å². The van der Waals surface area contributed by atoms with Gasteiger partial charge in [0.05, 0.1) is 11.9 Å². The molecule has 35 heavy (non-hydrogen) atoms. The fourth-order valence-electron chi connectivity index (χ4n) is 4.63. The van der Waals surface area contributed by atoms with Crippen LogP contribution in [0.5, 0.6) is 0 Å². The number of hydrogen-bond acceptors (Lipinski definition) is 4. The molecule has 0 bridgehead atoms. The van der Waals surface area contributed by atoms with E-state index in [4.69, 9.17) is 0 Å². The number of amides is 2. The number of nitrogens with zero attached hydrogens (tertiary/aromatic N) is 2. The predicted octanol–water partition coefficient (Wildman–Crippen LogP) is 3.80. The van der Waals surface area contributed by atoms with Gasteiger partial charge in [-0.2, -0.15) is 0 Å². The molecule has 0 aliphatic heterocycles. The molecule has 0 radical (unpaired) electrons. The topological polar surface area (TPSA) is 86.8 Å². The van der Waals surface area contributed by atoms with Gasteiger partial charge in [0, 0.05) is 12.6 Å². The first-order chi connectivity index (χ1) is 16.6. The van der Waals surface area contributed by atoms with Gasteiger partial charge in [0.1, 0.15) is 12.6 Å². The number of sulfonamides is 1. The van der Waals surface area contributed by atoms with Crippen molar-refractivity contribution in [2.24, 2.45) is 0 Å². The average molecular weight is 500 g/mol. The van der Waals surface area contributed by atoms with Gasteiger partial charge in [0.2, 0.25) is 21.8 Å². The number of anilines is 1. The molecule has 1 saturated carbocycles. The van der Waals surface area contributed by atoms with E-state index >= 15 is 0 Å². The molecular formula is C27H37N3O4S. The number of carbonyl (C=O) groups is 2. The molecule has 1 fully saturated rings. The van der Waals surface area contributed by atoms with Crippen LogP contribution in [0, 0.1) is 6.92 Å². The van der Waals surface area contributed by atoms with Crippen LogP contribution < -0.4 is 9.62 Å². The van der Waals surface area contributed by atoms with E-state index in [9.17, 15) is 18.0 Å². The molecule has 3 rings (SSSR count). The van der Waals surface area contributed by atoms with Crippen molar-refractivity contribution in [2.75, 3.05) is 17.1 Å². The van der Waals surface area contributed by atoms with Crippen LogP contribution in [0.2, 0.25) is 0 Å². The minimum Gasteiger partial charge on any atom is -0.352 e. The summed E-state index contributed by atoms with van der Waals surface area (Å²) >= 11 is 0. The summed E-state index contributed by atoms with van der Waals surface area (Å²) in [6.07, 6.45) is 5.80. The van der Waals surface area contributed by atoms with E-state index in [2.05, 4.69) is 5.32 Å². The van der Waals surface area contributed by atoms with Crippen molar-refractivity contribution in [3.8, 4) is 0 Å². The zero-order chi connectivity index (χ0) is 25.6. The van der Waals surface area contributed by atoms with E-state index in [1.54, 1.807) is 19.1 Å². The first-order valence-corrected chi connectivity index (χ1v) is 14.2. The van der Waals surface area contributed by atoms with Gasteiger partial charge in [0.15, 0.2) is 0 Å². The molecule has 2 amide bonds. The molecule has 0 saturated heterocycles. The lowest BCUT2D eigenvalue weighted by atomic mass is 10.1. The van der Waals surface area contributed by atoms with E-state index in [1.165, 1.54) is 4.90 Å². The minimum atomic E-state index is -3.74. The smallest absolute Gasteiger partial charge is 0.244 e. The van der Waals surface area contributed by atoms with Gasteiger partial charge < -0.3 is 10.2 Å². The second-order valence-corrected chi connectivity index (χ2v) is 11.3. The highest BCUT2D eigenvalue weighted by atomic mass is 32.2. The summed E-state index contributed by atoms with van der Waals surface area (Å²) in [5.74, 6) is -0.630. The number of aryl methyl sites for hydroxylation is 2. The zero-order valence-electron chi connectivity index (χ0n) is 21.2. The lowest BCUT2D eigenvalue weighted by Gasteiger charge is -2.32. The van der Waals surface area contributed by atoms with Crippen molar-refractivity contribution in [1.29, 1.82) is 0 Å². The fourth-order valence-corrected chi connectivity index (χ4v) is 5.51. The van der Waals surface area contributed by atoms with Gasteiger partial charge in [-0.1, -0.05) is 67.8 Å². The van der Waals surface area contributed by atoms with Crippen LogP contribution in [-0.4, -0.2) is 50.0 Å². The molecule has 2 aromatic rings. The maximum Gasteiger partial charge on any atom is 0.244 e. The average Bonchev–Trinajstić information content (AvgIpc) is 3.32. The maximum atomic E-state index is 13.7. The third-order valence-electron chi connectivity index (χ3n) is 6.62. The van der Waals surface area contributed by atoms with E-state index in [0.717, 1.165) is 52.9 Å². The Labute approximate surface area is 209 Å². The molecule has 1 aliphatic rings. The summed E-state index contributed by atoms with van der Waals surface area (Å²) in [5, 5.41) is 3.08. The van der Waals surface area contributed by atoms with Crippen LogP contribution in [0.3, 0.4) is 0 Å². The maximum absolute atomic E-state index is 13.7. The van der Waals surface area contributed by atoms with Crippen molar-refractivity contribution in [3.63, 3.8) is 0 Å². The van der Waals surface area contributed by atoms with Crippen molar-refractivity contribution in [2.45, 2.75) is 71.5 Å². The second kappa shape index (κ2) is 11.7. The Bertz CT molecular complexity index is 1140. The Morgan fingerprint density at radius 2 is 1.77 bits per heavy atom. The fraction of sp³-hybridized carbons (Fsp3) is 0.481. The molecule has 0 spiro atoms. The summed E-state index contributed by atoms with van der Waals surface area (Å²) in [6, 6.07) is 14.3. The van der Waals surface area contributed by atoms with Crippen molar-refractivity contribution in [1.82, 2.24) is 10.2 Å². The van der Waals surface area contributed by atoms with Gasteiger partial charge >= 0.3 is 0 Å².